The number of nitrogens with one attached hydrogen (secondary N) is 1. The third-order valence-electron chi connectivity index (χ3n) is 8.39. The predicted octanol–water partition coefficient (Wildman–Crippen LogP) is 2.83. The Morgan fingerprint density at radius 1 is 1.05 bits per heavy atom. The van der Waals surface area contributed by atoms with Crippen molar-refractivity contribution in [3.05, 3.63) is 59.7 Å². The molecule has 1 amide bonds. The standard InChI is InChI=1S/C30H39N5O5/c1-21-32-24-5-4-23(18-25(24)33-21)28(38)35-14-3-2-9-30(29(39)40-20-27(37)26(36)8-15-35)10-16-34(17-11-30)19-22-6-12-31-13-7-22/h4-7,12-13,18,26-27,36-37H,2-3,8-11,14-17,19-20H2,1H3,(H,32,33)/t26-,27+/m0/s1. The van der Waals surface area contributed by atoms with Crippen molar-refractivity contribution in [1.29, 1.82) is 0 Å². The number of nitrogens with zero attached hydrogens (tertiary/aromatic N) is 4. The molecule has 1 spiro atoms. The zero-order chi connectivity index (χ0) is 28.1. The van der Waals surface area contributed by atoms with Crippen molar-refractivity contribution in [2.45, 2.75) is 64.2 Å². The molecule has 0 aliphatic carbocycles. The third-order valence-corrected chi connectivity index (χ3v) is 8.39. The summed E-state index contributed by atoms with van der Waals surface area (Å²) in [6.45, 7) is 4.75. The van der Waals surface area contributed by atoms with Crippen LogP contribution in [0.2, 0.25) is 0 Å². The van der Waals surface area contributed by atoms with E-state index in [-0.39, 0.29) is 24.9 Å². The van der Waals surface area contributed by atoms with Gasteiger partial charge in [0.05, 0.1) is 22.6 Å². The van der Waals surface area contributed by atoms with Crippen LogP contribution in [-0.4, -0.2) is 91.8 Å². The molecule has 0 bridgehead atoms. The number of aryl methyl sites for hydroxylation is 1. The Morgan fingerprint density at radius 3 is 2.60 bits per heavy atom. The minimum absolute atomic E-state index is 0.128. The van der Waals surface area contributed by atoms with Crippen LogP contribution in [0.1, 0.15) is 60.3 Å². The number of likely N-dealkylation sites (tertiary alicyclic amines) is 1. The van der Waals surface area contributed by atoms with Crippen molar-refractivity contribution < 1.29 is 24.5 Å². The second-order valence-corrected chi connectivity index (χ2v) is 11.2. The molecule has 2 aromatic heterocycles. The van der Waals surface area contributed by atoms with Crippen molar-refractivity contribution >= 4 is 22.9 Å². The molecular formula is C30H39N5O5. The SMILES string of the molecule is Cc1nc2ccc(C(=O)N3CCCCC4(CCN(Cc5ccncc5)CC4)C(=O)OC[C@@H](O)[C@@H](O)CC3)cc2[nH]1. The van der Waals surface area contributed by atoms with Gasteiger partial charge in [-0.15, -0.1) is 0 Å². The molecule has 1 aromatic carbocycles. The number of cyclic esters (lactones) is 1. The van der Waals surface area contributed by atoms with Gasteiger partial charge in [0.1, 0.15) is 18.5 Å². The maximum absolute atomic E-state index is 13.5. The Hall–Kier alpha value is -3.34. The molecule has 214 valence electrons. The number of H-pyrrole nitrogens is 1. The van der Waals surface area contributed by atoms with Gasteiger partial charge in [0.15, 0.2) is 0 Å². The van der Waals surface area contributed by atoms with Crippen molar-refractivity contribution in [2.24, 2.45) is 5.41 Å². The van der Waals surface area contributed by atoms with Gasteiger partial charge in [-0.3, -0.25) is 19.5 Å². The molecule has 2 atom stereocenters. The molecule has 2 fully saturated rings. The summed E-state index contributed by atoms with van der Waals surface area (Å²) in [5.41, 5.74) is 2.71. The van der Waals surface area contributed by atoms with Crippen LogP contribution >= 0.6 is 0 Å². The lowest BCUT2D eigenvalue weighted by Gasteiger charge is -2.40. The number of hydrogen-bond donors (Lipinski definition) is 3. The van der Waals surface area contributed by atoms with Gasteiger partial charge < -0.3 is 24.8 Å². The number of rotatable bonds is 3. The molecule has 10 nitrogen and oxygen atoms in total. The van der Waals surface area contributed by atoms with E-state index in [1.807, 2.05) is 31.2 Å². The van der Waals surface area contributed by atoms with Crippen LogP contribution in [0.3, 0.4) is 0 Å². The van der Waals surface area contributed by atoms with E-state index in [1.165, 1.54) is 5.56 Å². The fraction of sp³-hybridized carbons (Fsp3) is 0.533. The molecule has 0 saturated carbocycles. The molecule has 40 heavy (non-hydrogen) atoms. The number of aromatic nitrogens is 3. The largest absolute Gasteiger partial charge is 0.462 e. The number of benzene rings is 1. The molecule has 3 N–H and O–H groups in total. The number of esters is 1. The average Bonchev–Trinajstić information content (AvgIpc) is 3.35. The second kappa shape index (κ2) is 12.4. The zero-order valence-electron chi connectivity index (χ0n) is 23.1. The summed E-state index contributed by atoms with van der Waals surface area (Å²) in [7, 11) is 0. The number of piperidine rings is 1. The number of aromatic amines is 1. The maximum atomic E-state index is 13.5. The van der Waals surface area contributed by atoms with Gasteiger partial charge in [0.2, 0.25) is 0 Å². The molecule has 2 aliphatic rings. The van der Waals surface area contributed by atoms with Gasteiger partial charge in [0.25, 0.3) is 5.91 Å². The van der Waals surface area contributed by atoms with Crippen molar-refractivity contribution in [2.75, 3.05) is 32.8 Å². The summed E-state index contributed by atoms with van der Waals surface area (Å²) in [5, 5.41) is 21.2. The van der Waals surface area contributed by atoms with Crippen LogP contribution in [0.15, 0.2) is 42.7 Å². The first kappa shape index (κ1) is 28.2. The minimum atomic E-state index is -1.21. The summed E-state index contributed by atoms with van der Waals surface area (Å²) < 4.78 is 5.61. The Morgan fingerprint density at radius 2 is 1.82 bits per heavy atom. The normalized spacial score (nSPS) is 23.3. The Bertz CT molecular complexity index is 1300. The van der Waals surface area contributed by atoms with Gasteiger partial charge in [-0.05, 0) is 88.0 Å². The van der Waals surface area contributed by atoms with Crippen molar-refractivity contribution in [3.8, 4) is 0 Å². The smallest absolute Gasteiger partial charge is 0.312 e. The van der Waals surface area contributed by atoms with E-state index in [9.17, 15) is 19.8 Å². The van der Waals surface area contributed by atoms with E-state index >= 15 is 0 Å². The molecule has 2 aliphatic heterocycles. The van der Waals surface area contributed by atoms with Crippen molar-refractivity contribution in [1.82, 2.24) is 24.8 Å². The van der Waals surface area contributed by atoms with E-state index in [1.54, 1.807) is 23.4 Å². The van der Waals surface area contributed by atoms with Gasteiger partial charge in [-0.1, -0.05) is 6.42 Å². The number of fused-ring (bicyclic) bond motifs is 1. The highest BCUT2D eigenvalue weighted by atomic mass is 16.5. The highest BCUT2D eigenvalue weighted by Gasteiger charge is 2.42. The number of amides is 1. The topological polar surface area (TPSA) is 132 Å². The fourth-order valence-electron chi connectivity index (χ4n) is 5.88. The van der Waals surface area contributed by atoms with Crippen LogP contribution in [0.4, 0.5) is 0 Å². The van der Waals surface area contributed by atoms with Crippen LogP contribution in [0.25, 0.3) is 11.0 Å². The highest BCUT2D eigenvalue weighted by Crippen LogP contribution is 2.38. The summed E-state index contributed by atoms with van der Waals surface area (Å²) >= 11 is 0. The molecule has 5 rings (SSSR count). The predicted molar refractivity (Wildman–Crippen MR) is 149 cm³/mol. The number of pyridine rings is 1. The van der Waals surface area contributed by atoms with Crippen LogP contribution in [-0.2, 0) is 16.1 Å². The monoisotopic (exact) mass is 549 g/mol. The first-order valence-corrected chi connectivity index (χ1v) is 14.2. The molecule has 2 saturated heterocycles. The molecular weight excluding hydrogens is 510 g/mol. The van der Waals surface area contributed by atoms with E-state index in [0.717, 1.165) is 49.3 Å². The summed E-state index contributed by atoms with van der Waals surface area (Å²) in [4.78, 5) is 42.6. The maximum Gasteiger partial charge on any atom is 0.312 e. The zero-order valence-corrected chi connectivity index (χ0v) is 23.1. The summed E-state index contributed by atoms with van der Waals surface area (Å²) in [5.74, 6) is 0.364. The third kappa shape index (κ3) is 6.51. The first-order chi connectivity index (χ1) is 19.3. The van der Waals surface area contributed by atoms with Gasteiger partial charge in [-0.2, -0.15) is 0 Å². The number of ether oxygens (including phenoxy) is 1. The Labute approximate surface area is 234 Å². The Balaban J connectivity index is 1.27. The van der Waals surface area contributed by atoms with Crippen LogP contribution in [0, 0.1) is 12.3 Å². The number of aliphatic hydroxyl groups excluding tert-OH is 2. The summed E-state index contributed by atoms with van der Waals surface area (Å²) in [6.07, 6.45) is 4.94. The second-order valence-electron chi connectivity index (χ2n) is 11.2. The number of imidazole rings is 1. The molecule has 0 unspecified atom stereocenters. The van der Waals surface area contributed by atoms with E-state index in [2.05, 4.69) is 19.9 Å². The van der Waals surface area contributed by atoms with Crippen LogP contribution in [0.5, 0.6) is 0 Å². The molecule has 4 heterocycles. The van der Waals surface area contributed by atoms with E-state index < -0.39 is 17.6 Å². The lowest BCUT2D eigenvalue weighted by atomic mass is 9.74. The quantitative estimate of drug-likeness (QED) is 0.425. The van der Waals surface area contributed by atoms with Gasteiger partial charge in [-0.25, -0.2) is 4.98 Å². The molecule has 0 radical (unpaired) electrons. The number of carbonyl (C=O) groups excluding carboxylic acids is 2. The number of carbonyl (C=O) groups is 2. The summed E-state index contributed by atoms with van der Waals surface area (Å²) in [6, 6.07) is 9.43. The Kier molecular flexibility index (Phi) is 8.78. The number of aliphatic hydroxyl groups is 2. The van der Waals surface area contributed by atoms with Crippen LogP contribution < -0.4 is 0 Å². The van der Waals surface area contributed by atoms with Crippen molar-refractivity contribution in [3.63, 3.8) is 0 Å². The van der Waals surface area contributed by atoms with E-state index in [0.29, 0.717) is 37.9 Å². The lowest BCUT2D eigenvalue weighted by Crippen LogP contribution is -2.45. The molecule has 3 aromatic rings. The first-order valence-electron chi connectivity index (χ1n) is 14.2. The average molecular weight is 550 g/mol. The minimum Gasteiger partial charge on any atom is -0.462 e. The highest BCUT2D eigenvalue weighted by molar-refractivity contribution is 5.97. The number of hydrogen-bond acceptors (Lipinski definition) is 8. The van der Waals surface area contributed by atoms with Gasteiger partial charge >= 0.3 is 5.97 Å². The van der Waals surface area contributed by atoms with Gasteiger partial charge in [0, 0.05) is 37.6 Å². The van der Waals surface area contributed by atoms with E-state index in [4.69, 9.17) is 4.74 Å². The fourth-order valence-corrected chi connectivity index (χ4v) is 5.88. The lowest BCUT2D eigenvalue weighted by molar-refractivity contribution is -0.165. The molecule has 10 heteroatoms.